The fraction of sp³-hybridized carbons (Fsp3) is 0.235. The molecular formula is C17H18N2OS. The quantitative estimate of drug-likeness (QED) is 0.778. The summed E-state index contributed by atoms with van der Waals surface area (Å²) in [4.78, 5) is 4.13. The second kappa shape index (κ2) is 6.24. The maximum Gasteiger partial charge on any atom is 0.141 e. The third kappa shape index (κ3) is 2.77. The molecule has 3 aromatic rings. The lowest BCUT2D eigenvalue weighted by Crippen LogP contribution is -2.19. The van der Waals surface area contributed by atoms with Crippen molar-refractivity contribution in [3.63, 3.8) is 0 Å². The predicted molar refractivity (Wildman–Crippen MR) is 88.1 cm³/mol. The Morgan fingerprint density at radius 1 is 1.29 bits per heavy atom. The molecule has 2 heterocycles. The molecule has 108 valence electrons. The highest BCUT2D eigenvalue weighted by Crippen LogP contribution is 2.31. The van der Waals surface area contributed by atoms with Crippen LogP contribution >= 0.6 is 11.3 Å². The van der Waals surface area contributed by atoms with E-state index >= 15 is 0 Å². The Labute approximate surface area is 128 Å². The van der Waals surface area contributed by atoms with Crippen LogP contribution in [-0.4, -0.2) is 19.1 Å². The van der Waals surface area contributed by atoms with Crippen molar-refractivity contribution >= 4 is 21.4 Å². The molecule has 0 radical (unpaired) electrons. The predicted octanol–water partition coefficient (Wildman–Crippen LogP) is 3.81. The molecule has 0 bridgehead atoms. The topological polar surface area (TPSA) is 34.2 Å². The van der Waals surface area contributed by atoms with Crippen LogP contribution in [0.15, 0.2) is 48.1 Å². The molecule has 3 nitrogen and oxygen atoms in total. The Hall–Kier alpha value is -1.91. The SMILES string of the molecule is CNC(Cc1csc2ccccc12)c1ccncc1OC. The van der Waals surface area contributed by atoms with Gasteiger partial charge in [0.2, 0.25) is 0 Å². The third-order valence-electron chi connectivity index (χ3n) is 3.75. The normalized spacial score (nSPS) is 12.5. The van der Waals surface area contributed by atoms with Gasteiger partial charge in [0.15, 0.2) is 0 Å². The fourth-order valence-corrected chi connectivity index (χ4v) is 3.60. The van der Waals surface area contributed by atoms with Gasteiger partial charge in [-0.3, -0.25) is 4.98 Å². The Morgan fingerprint density at radius 2 is 2.14 bits per heavy atom. The number of ether oxygens (including phenoxy) is 1. The number of fused-ring (bicyclic) bond motifs is 1. The second-order valence-corrected chi connectivity index (χ2v) is 5.83. The number of nitrogens with one attached hydrogen (secondary N) is 1. The lowest BCUT2D eigenvalue weighted by Gasteiger charge is -2.18. The molecular weight excluding hydrogens is 280 g/mol. The van der Waals surface area contributed by atoms with Gasteiger partial charge in [-0.1, -0.05) is 18.2 Å². The van der Waals surface area contributed by atoms with Crippen molar-refractivity contribution in [1.82, 2.24) is 10.3 Å². The molecule has 3 rings (SSSR count). The summed E-state index contributed by atoms with van der Waals surface area (Å²) in [5.74, 6) is 0.830. The number of rotatable bonds is 5. The minimum atomic E-state index is 0.209. The van der Waals surface area contributed by atoms with E-state index in [-0.39, 0.29) is 6.04 Å². The Balaban J connectivity index is 1.94. The highest BCUT2D eigenvalue weighted by atomic mass is 32.1. The molecule has 21 heavy (non-hydrogen) atoms. The smallest absolute Gasteiger partial charge is 0.141 e. The highest BCUT2D eigenvalue weighted by Gasteiger charge is 2.16. The number of benzene rings is 1. The fourth-order valence-electron chi connectivity index (χ4n) is 2.63. The maximum atomic E-state index is 5.43. The van der Waals surface area contributed by atoms with E-state index in [4.69, 9.17) is 4.74 Å². The first-order chi connectivity index (χ1) is 10.3. The molecule has 0 aliphatic heterocycles. The van der Waals surface area contributed by atoms with E-state index in [2.05, 4.69) is 39.9 Å². The van der Waals surface area contributed by atoms with Crippen LogP contribution in [0.4, 0.5) is 0 Å². The summed E-state index contributed by atoms with van der Waals surface area (Å²) in [5, 5.41) is 6.99. The summed E-state index contributed by atoms with van der Waals surface area (Å²) in [6, 6.07) is 10.8. The van der Waals surface area contributed by atoms with E-state index in [1.807, 2.05) is 19.3 Å². The lowest BCUT2D eigenvalue weighted by atomic mass is 9.99. The summed E-state index contributed by atoms with van der Waals surface area (Å²) < 4.78 is 6.77. The zero-order chi connectivity index (χ0) is 14.7. The molecule has 0 fully saturated rings. The number of methoxy groups -OCH3 is 1. The Bertz CT molecular complexity index is 738. The van der Waals surface area contributed by atoms with Crippen molar-refractivity contribution in [2.24, 2.45) is 0 Å². The molecule has 0 saturated carbocycles. The van der Waals surface area contributed by atoms with Crippen molar-refractivity contribution in [3.05, 3.63) is 59.2 Å². The molecule has 0 aliphatic carbocycles. The van der Waals surface area contributed by atoms with Crippen LogP contribution in [0.2, 0.25) is 0 Å². The summed E-state index contributed by atoms with van der Waals surface area (Å²) in [5.41, 5.74) is 2.51. The van der Waals surface area contributed by atoms with Gasteiger partial charge in [0.25, 0.3) is 0 Å². The molecule has 0 saturated heterocycles. The number of hydrogen-bond acceptors (Lipinski definition) is 4. The monoisotopic (exact) mass is 298 g/mol. The second-order valence-electron chi connectivity index (χ2n) is 4.92. The van der Waals surface area contributed by atoms with Crippen molar-refractivity contribution in [3.8, 4) is 5.75 Å². The molecule has 1 aromatic carbocycles. The van der Waals surface area contributed by atoms with Crippen LogP contribution in [0.1, 0.15) is 17.2 Å². The first kappa shape index (κ1) is 14.0. The van der Waals surface area contributed by atoms with E-state index in [0.717, 1.165) is 17.7 Å². The van der Waals surface area contributed by atoms with Gasteiger partial charge in [-0.25, -0.2) is 0 Å². The van der Waals surface area contributed by atoms with Gasteiger partial charge >= 0.3 is 0 Å². The average molecular weight is 298 g/mol. The van der Waals surface area contributed by atoms with Gasteiger partial charge in [-0.2, -0.15) is 0 Å². The van der Waals surface area contributed by atoms with Gasteiger partial charge in [0, 0.05) is 22.5 Å². The van der Waals surface area contributed by atoms with E-state index in [1.165, 1.54) is 15.6 Å². The number of pyridine rings is 1. The largest absolute Gasteiger partial charge is 0.495 e. The van der Waals surface area contributed by atoms with E-state index in [9.17, 15) is 0 Å². The maximum absolute atomic E-state index is 5.43. The number of hydrogen-bond donors (Lipinski definition) is 1. The van der Waals surface area contributed by atoms with Crippen LogP contribution < -0.4 is 10.1 Å². The number of thiophene rings is 1. The van der Waals surface area contributed by atoms with Gasteiger partial charge < -0.3 is 10.1 Å². The van der Waals surface area contributed by atoms with Crippen molar-refractivity contribution in [2.45, 2.75) is 12.5 Å². The summed E-state index contributed by atoms with van der Waals surface area (Å²) in [6.45, 7) is 0. The number of likely N-dealkylation sites (N-methyl/N-ethyl adjacent to an activating group) is 1. The van der Waals surface area contributed by atoms with Crippen LogP contribution in [0.3, 0.4) is 0 Å². The van der Waals surface area contributed by atoms with Gasteiger partial charge in [0.05, 0.1) is 13.3 Å². The molecule has 0 aliphatic rings. The summed E-state index contributed by atoms with van der Waals surface area (Å²) in [6.07, 6.45) is 4.51. The first-order valence-electron chi connectivity index (χ1n) is 6.93. The lowest BCUT2D eigenvalue weighted by molar-refractivity contribution is 0.399. The van der Waals surface area contributed by atoms with Gasteiger partial charge in [-0.05, 0) is 41.9 Å². The van der Waals surface area contributed by atoms with Gasteiger partial charge in [0.1, 0.15) is 5.75 Å². The highest BCUT2D eigenvalue weighted by molar-refractivity contribution is 7.17. The molecule has 4 heteroatoms. The third-order valence-corrected chi connectivity index (χ3v) is 4.76. The van der Waals surface area contributed by atoms with Crippen LogP contribution in [0.5, 0.6) is 5.75 Å². The minimum Gasteiger partial charge on any atom is -0.495 e. The van der Waals surface area contributed by atoms with Crippen molar-refractivity contribution < 1.29 is 4.74 Å². The zero-order valence-corrected chi connectivity index (χ0v) is 13.0. The number of aromatic nitrogens is 1. The van der Waals surface area contributed by atoms with Crippen molar-refractivity contribution in [1.29, 1.82) is 0 Å². The van der Waals surface area contributed by atoms with E-state index in [1.54, 1.807) is 24.6 Å². The molecule has 1 atom stereocenters. The minimum absolute atomic E-state index is 0.209. The first-order valence-corrected chi connectivity index (χ1v) is 7.81. The molecule has 0 spiro atoms. The molecule has 0 amide bonds. The van der Waals surface area contributed by atoms with Gasteiger partial charge in [-0.15, -0.1) is 11.3 Å². The van der Waals surface area contributed by atoms with E-state index < -0.39 is 0 Å². The van der Waals surface area contributed by atoms with Crippen LogP contribution in [0, 0.1) is 0 Å². The van der Waals surface area contributed by atoms with Crippen LogP contribution in [0.25, 0.3) is 10.1 Å². The van der Waals surface area contributed by atoms with E-state index in [0.29, 0.717) is 0 Å². The number of nitrogens with zero attached hydrogens (tertiary/aromatic N) is 1. The zero-order valence-electron chi connectivity index (χ0n) is 12.2. The molecule has 1 unspecified atom stereocenters. The summed E-state index contributed by atoms with van der Waals surface area (Å²) in [7, 11) is 3.67. The standard InChI is InChI=1S/C17H18N2OS/c1-18-15(14-7-8-19-10-16(14)20-2)9-12-11-21-17-6-4-3-5-13(12)17/h3-8,10-11,15,18H,9H2,1-2H3. The Morgan fingerprint density at radius 3 is 2.95 bits per heavy atom. The molecule has 2 aromatic heterocycles. The summed E-state index contributed by atoms with van der Waals surface area (Å²) >= 11 is 1.80. The Kier molecular flexibility index (Phi) is 4.18. The molecule has 1 N–H and O–H groups in total. The average Bonchev–Trinajstić information content (AvgIpc) is 2.95. The van der Waals surface area contributed by atoms with Crippen molar-refractivity contribution in [2.75, 3.05) is 14.2 Å². The van der Waals surface area contributed by atoms with Crippen LogP contribution in [-0.2, 0) is 6.42 Å².